The third-order valence-corrected chi connectivity index (χ3v) is 5.50. The molecule has 0 spiro atoms. The Labute approximate surface area is 192 Å². The van der Waals surface area contributed by atoms with Crippen molar-refractivity contribution in [3.05, 3.63) is 88.0 Å². The Morgan fingerprint density at radius 3 is 2.58 bits per heavy atom. The van der Waals surface area contributed by atoms with E-state index in [2.05, 4.69) is 10.3 Å². The van der Waals surface area contributed by atoms with Gasteiger partial charge in [-0.1, -0.05) is 12.1 Å². The lowest BCUT2D eigenvalue weighted by molar-refractivity contribution is 0.102. The van der Waals surface area contributed by atoms with E-state index in [9.17, 15) is 9.59 Å². The van der Waals surface area contributed by atoms with Gasteiger partial charge >= 0.3 is 0 Å². The van der Waals surface area contributed by atoms with Crippen molar-refractivity contribution >= 4 is 22.5 Å². The Kier molecular flexibility index (Phi) is 6.01. The van der Waals surface area contributed by atoms with Crippen LogP contribution in [-0.4, -0.2) is 21.6 Å². The maximum absolute atomic E-state index is 13.2. The molecule has 4 aromatic rings. The number of hydrogen-bond acceptors (Lipinski definition) is 4. The van der Waals surface area contributed by atoms with E-state index < -0.39 is 0 Å². The molecule has 2 aromatic carbocycles. The van der Waals surface area contributed by atoms with Gasteiger partial charge in [0.2, 0.25) is 0 Å². The third kappa shape index (κ3) is 4.65. The molecule has 33 heavy (non-hydrogen) atoms. The quantitative estimate of drug-likeness (QED) is 0.459. The number of ether oxygens (including phenoxy) is 1. The highest BCUT2D eigenvalue weighted by Crippen LogP contribution is 2.27. The minimum atomic E-state index is -0.245. The molecule has 1 amide bonds. The van der Waals surface area contributed by atoms with Crippen LogP contribution in [0.4, 0.5) is 5.69 Å². The number of anilines is 1. The molecular formula is C27H27N3O3. The van der Waals surface area contributed by atoms with Crippen LogP contribution in [0, 0.1) is 13.8 Å². The first-order valence-corrected chi connectivity index (χ1v) is 10.9. The molecule has 0 saturated carbocycles. The molecule has 1 N–H and O–H groups in total. The summed E-state index contributed by atoms with van der Waals surface area (Å²) in [5, 5.41) is 3.82. The number of aryl methyl sites for hydroxylation is 3. The van der Waals surface area contributed by atoms with E-state index in [-0.39, 0.29) is 17.6 Å². The van der Waals surface area contributed by atoms with Gasteiger partial charge in [-0.15, -0.1) is 0 Å². The lowest BCUT2D eigenvalue weighted by atomic mass is 9.99. The number of pyridine rings is 2. The fourth-order valence-corrected chi connectivity index (χ4v) is 3.83. The van der Waals surface area contributed by atoms with Crippen LogP contribution >= 0.6 is 0 Å². The standard InChI is InChI=1S/C27H27N3O3/c1-16(2)33-22-8-6-7-19(12-22)26(31)29-21-10-9-17(3)23(14-21)24-13-20-15-28-18(4)11-25(20)30(5)27(24)32/h6-16H,1-5H3,(H,29,31). The first-order chi connectivity index (χ1) is 15.7. The van der Waals surface area contributed by atoms with E-state index in [0.29, 0.717) is 22.6 Å². The predicted octanol–water partition coefficient (Wildman–Crippen LogP) is 5.26. The van der Waals surface area contributed by atoms with Crippen LogP contribution in [-0.2, 0) is 7.05 Å². The molecule has 6 nitrogen and oxygen atoms in total. The zero-order valence-electron chi connectivity index (χ0n) is 19.5. The van der Waals surface area contributed by atoms with Crippen molar-refractivity contribution in [1.29, 1.82) is 0 Å². The molecule has 0 atom stereocenters. The van der Waals surface area contributed by atoms with Crippen LogP contribution in [0.25, 0.3) is 22.0 Å². The summed E-state index contributed by atoms with van der Waals surface area (Å²) in [6, 6.07) is 16.4. The number of benzene rings is 2. The molecule has 0 fully saturated rings. The van der Waals surface area contributed by atoms with Crippen molar-refractivity contribution in [2.24, 2.45) is 7.05 Å². The van der Waals surface area contributed by atoms with E-state index in [4.69, 9.17) is 4.74 Å². The van der Waals surface area contributed by atoms with E-state index in [1.807, 2.05) is 64.1 Å². The van der Waals surface area contributed by atoms with Crippen LogP contribution in [0.3, 0.4) is 0 Å². The molecule has 4 rings (SSSR count). The molecular weight excluding hydrogens is 414 g/mol. The normalized spacial score (nSPS) is 11.1. The van der Waals surface area contributed by atoms with Gasteiger partial charge in [0.05, 0.1) is 11.6 Å². The van der Waals surface area contributed by atoms with Crippen molar-refractivity contribution in [1.82, 2.24) is 9.55 Å². The Morgan fingerprint density at radius 2 is 1.82 bits per heavy atom. The van der Waals surface area contributed by atoms with Gasteiger partial charge in [0, 0.05) is 41.1 Å². The summed E-state index contributed by atoms with van der Waals surface area (Å²) >= 11 is 0. The van der Waals surface area contributed by atoms with Crippen LogP contribution < -0.4 is 15.6 Å². The Hall–Kier alpha value is -3.93. The number of rotatable bonds is 5. The number of carbonyl (C=O) groups excluding carboxylic acids is 1. The summed E-state index contributed by atoms with van der Waals surface area (Å²) < 4.78 is 7.34. The fraction of sp³-hybridized carbons (Fsp3) is 0.222. The van der Waals surface area contributed by atoms with E-state index in [1.165, 1.54) is 0 Å². The average molecular weight is 442 g/mol. The van der Waals surface area contributed by atoms with E-state index in [1.54, 1.807) is 36.0 Å². The minimum absolute atomic E-state index is 0.0200. The second kappa shape index (κ2) is 8.90. The Morgan fingerprint density at radius 1 is 1.03 bits per heavy atom. The van der Waals surface area contributed by atoms with E-state index >= 15 is 0 Å². The van der Waals surface area contributed by atoms with Crippen molar-refractivity contribution in [2.75, 3.05) is 5.32 Å². The Bertz CT molecular complexity index is 1420. The van der Waals surface area contributed by atoms with Crippen LogP contribution in [0.15, 0.2) is 65.6 Å². The molecule has 0 radical (unpaired) electrons. The first-order valence-electron chi connectivity index (χ1n) is 10.9. The Balaban J connectivity index is 1.70. The number of amides is 1. The van der Waals surface area contributed by atoms with E-state index in [0.717, 1.165) is 27.7 Å². The topological polar surface area (TPSA) is 73.2 Å². The molecule has 0 aliphatic carbocycles. The molecule has 168 valence electrons. The molecule has 0 aliphatic heterocycles. The second-order valence-corrected chi connectivity index (χ2v) is 8.48. The lowest BCUT2D eigenvalue weighted by Crippen LogP contribution is -2.19. The average Bonchev–Trinajstić information content (AvgIpc) is 2.78. The van der Waals surface area contributed by atoms with Crippen LogP contribution in [0.2, 0.25) is 0 Å². The second-order valence-electron chi connectivity index (χ2n) is 8.48. The third-order valence-electron chi connectivity index (χ3n) is 5.50. The minimum Gasteiger partial charge on any atom is -0.491 e. The molecule has 0 aliphatic rings. The van der Waals surface area contributed by atoms with Crippen molar-refractivity contribution in [3.8, 4) is 16.9 Å². The van der Waals surface area contributed by atoms with Gasteiger partial charge in [0.15, 0.2) is 0 Å². The molecule has 0 saturated heterocycles. The number of nitrogens with one attached hydrogen (secondary N) is 1. The van der Waals surface area contributed by atoms with Gasteiger partial charge in [-0.05, 0) is 81.3 Å². The zero-order valence-corrected chi connectivity index (χ0v) is 19.5. The molecule has 0 bridgehead atoms. The van der Waals surface area contributed by atoms with Crippen LogP contribution in [0.1, 0.15) is 35.5 Å². The highest BCUT2D eigenvalue weighted by Gasteiger charge is 2.14. The van der Waals surface area contributed by atoms with Gasteiger partial charge < -0.3 is 14.6 Å². The molecule has 2 aromatic heterocycles. The summed E-state index contributed by atoms with van der Waals surface area (Å²) in [4.78, 5) is 30.4. The van der Waals surface area contributed by atoms with Crippen LogP contribution in [0.5, 0.6) is 5.75 Å². The van der Waals surface area contributed by atoms with Crippen molar-refractivity contribution in [2.45, 2.75) is 33.8 Å². The summed E-state index contributed by atoms with van der Waals surface area (Å²) in [6.45, 7) is 7.73. The molecule has 0 unspecified atom stereocenters. The maximum atomic E-state index is 13.2. The number of aromatic nitrogens is 2. The highest BCUT2D eigenvalue weighted by atomic mass is 16.5. The molecule has 6 heteroatoms. The highest BCUT2D eigenvalue weighted by molar-refractivity contribution is 6.04. The lowest BCUT2D eigenvalue weighted by Gasteiger charge is -2.14. The number of hydrogen-bond donors (Lipinski definition) is 1. The summed E-state index contributed by atoms with van der Waals surface area (Å²) in [5.74, 6) is 0.399. The van der Waals surface area contributed by atoms with Gasteiger partial charge in [-0.25, -0.2) is 0 Å². The zero-order chi connectivity index (χ0) is 23.7. The summed E-state index contributed by atoms with van der Waals surface area (Å²) in [5.41, 5.74) is 4.98. The van der Waals surface area contributed by atoms with Gasteiger partial charge in [-0.3, -0.25) is 14.6 Å². The number of fused-ring (bicyclic) bond motifs is 1. The number of carbonyl (C=O) groups is 1. The largest absolute Gasteiger partial charge is 0.491 e. The summed E-state index contributed by atoms with van der Waals surface area (Å²) in [6.07, 6.45) is 1.80. The smallest absolute Gasteiger partial charge is 0.258 e. The maximum Gasteiger partial charge on any atom is 0.258 e. The first kappa shape index (κ1) is 22.3. The predicted molar refractivity (Wildman–Crippen MR) is 132 cm³/mol. The molecule has 2 heterocycles. The van der Waals surface area contributed by atoms with Gasteiger partial charge in [0.25, 0.3) is 11.5 Å². The van der Waals surface area contributed by atoms with Gasteiger partial charge in [-0.2, -0.15) is 0 Å². The fourth-order valence-electron chi connectivity index (χ4n) is 3.83. The van der Waals surface area contributed by atoms with Crippen molar-refractivity contribution in [3.63, 3.8) is 0 Å². The van der Waals surface area contributed by atoms with Gasteiger partial charge in [0.1, 0.15) is 5.75 Å². The number of nitrogens with zero attached hydrogens (tertiary/aromatic N) is 2. The van der Waals surface area contributed by atoms with Crippen molar-refractivity contribution < 1.29 is 9.53 Å². The summed E-state index contributed by atoms with van der Waals surface area (Å²) in [7, 11) is 1.76. The monoisotopic (exact) mass is 441 g/mol. The SMILES string of the molecule is Cc1cc2c(cn1)cc(-c1cc(NC(=O)c3cccc(OC(C)C)c3)ccc1C)c(=O)n2C.